The molecule has 2 aromatic carbocycles. The maximum absolute atomic E-state index is 12.5. The van der Waals surface area contributed by atoms with E-state index in [1.807, 2.05) is 30.3 Å². The van der Waals surface area contributed by atoms with Crippen molar-refractivity contribution in [3.8, 4) is 0 Å². The third-order valence-electron chi connectivity index (χ3n) is 4.21. The van der Waals surface area contributed by atoms with Crippen molar-refractivity contribution >= 4 is 20.8 Å². The topological polar surface area (TPSA) is 46.2 Å². The molecule has 3 rings (SSSR count). The molecule has 0 aliphatic heterocycles. The van der Waals surface area contributed by atoms with Crippen molar-refractivity contribution in [3.63, 3.8) is 0 Å². The minimum absolute atomic E-state index is 0.0870. The Labute approximate surface area is 126 Å². The van der Waals surface area contributed by atoms with Crippen LogP contribution in [0, 0.1) is 0 Å². The Morgan fingerprint density at radius 3 is 2.24 bits per heavy atom. The van der Waals surface area contributed by atoms with Gasteiger partial charge in [0.15, 0.2) is 0 Å². The van der Waals surface area contributed by atoms with Gasteiger partial charge in [-0.1, -0.05) is 56.0 Å². The average molecular weight is 303 g/mol. The predicted octanol–water partition coefficient (Wildman–Crippen LogP) is 3.84. The molecule has 0 aromatic heterocycles. The van der Waals surface area contributed by atoms with Crippen molar-refractivity contribution in [1.29, 1.82) is 0 Å². The summed E-state index contributed by atoms with van der Waals surface area (Å²) in [6.07, 6.45) is 6.57. The van der Waals surface area contributed by atoms with Gasteiger partial charge >= 0.3 is 0 Å². The Balaban J connectivity index is 1.85. The van der Waals surface area contributed by atoms with Crippen LogP contribution < -0.4 is 4.72 Å². The van der Waals surface area contributed by atoms with E-state index < -0.39 is 10.0 Å². The van der Waals surface area contributed by atoms with Crippen molar-refractivity contribution in [3.05, 3.63) is 42.5 Å². The molecule has 0 saturated heterocycles. The quantitative estimate of drug-likeness (QED) is 0.876. The van der Waals surface area contributed by atoms with Crippen molar-refractivity contribution < 1.29 is 8.42 Å². The zero-order chi connectivity index (χ0) is 14.7. The van der Waals surface area contributed by atoms with E-state index in [1.54, 1.807) is 12.1 Å². The van der Waals surface area contributed by atoms with Crippen LogP contribution in [0.15, 0.2) is 47.4 Å². The van der Waals surface area contributed by atoms with Crippen LogP contribution in [0.25, 0.3) is 10.8 Å². The van der Waals surface area contributed by atoms with E-state index in [2.05, 4.69) is 4.72 Å². The zero-order valence-corrected chi connectivity index (χ0v) is 12.9. The van der Waals surface area contributed by atoms with Crippen molar-refractivity contribution in [2.75, 3.05) is 0 Å². The number of hydrogen-bond acceptors (Lipinski definition) is 2. The summed E-state index contributed by atoms with van der Waals surface area (Å²) >= 11 is 0. The molecular weight excluding hydrogens is 282 g/mol. The molecule has 2 aromatic rings. The number of fused-ring (bicyclic) bond motifs is 1. The molecular formula is C17H21NO2S. The summed E-state index contributed by atoms with van der Waals surface area (Å²) in [6, 6.07) is 13.2. The van der Waals surface area contributed by atoms with Crippen LogP contribution in [-0.2, 0) is 10.0 Å². The first kappa shape index (κ1) is 14.5. The molecule has 1 N–H and O–H groups in total. The van der Waals surface area contributed by atoms with Crippen LogP contribution in [0.5, 0.6) is 0 Å². The molecule has 0 spiro atoms. The molecule has 1 aliphatic rings. The number of rotatable bonds is 3. The lowest BCUT2D eigenvalue weighted by Gasteiger charge is -2.16. The number of sulfonamides is 1. The van der Waals surface area contributed by atoms with Crippen molar-refractivity contribution in [2.45, 2.75) is 49.5 Å². The predicted molar refractivity (Wildman–Crippen MR) is 85.8 cm³/mol. The molecule has 0 amide bonds. The largest absolute Gasteiger partial charge is 0.240 e. The summed E-state index contributed by atoms with van der Waals surface area (Å²) in [7, 11) is -3.42. The third kappa shape index (κ3) is 3.44. The highest BCUT2D eigenvalue weighted by molar-refractivity contribution is 7.89. The fourth-order valence-electron chi connectivity index (χ4n) is 3.02. The zero-order valence-electron chi connectivity index (χ0n) is 12.1. The van der Waals surface area contributed by atoms with E-state index in [0.717, 1.165) is 36.5 Å². The summed E-state index contributed by atoms with van der Waals surface area (Å²) in [5.74, 6) is 0. The highest BCUT2D eigenvalue weighted by Crippen LogP contribution is 2.22. The molecule has 1 aliphatic carbocycles. The van der Waals surface area contributed by atoms with E-state index >= 15 is 0 Å². The summed E-state index contributed by atoms with van der Waals surface area (Å²) in [6.45, 7) is 0. The van der Waals surface area contributed by atoms with E-state index in [0.29, 0.717) is 4.90 Å². The Kier molecular flexibility index (Phi) is 4.27. The first-order valence-electron chi connectivity index (χ1n) is 7.66. The molecule has 0 unspecified atom stereocenters. The van der Waals surface area contributed by atoms with Gasteiger partial charge in [-0.3, -0.25) is 0 Å². The Hall–Kier alpha value is -1.39. The molecule has 0 bridgehead atoms. The molecule has 112 valence electrons. The second-order valence-corrected chi connectivity index (χ2v) is 7.53. The second-order valence-electron chi connectivity index (χ2n) is 5.82. The maximum Gasteiger partial charge on any atom is 0.240 e. The Bertz CT molecular complexity index is 716. The van der Waals surface area contributed by atoms with Gasteiger partial charge in [-0.15, -0.1) is 0 Å². The first-order chi connectivity index (χ1) is 10.1. The lowest BCUT2D eigenvalue weighted by molar-refractivity contribution is 0.510. The Morgan fingerprint density at radius 1 is 0.857 bits per heavy atom. The normalized spacial score (nSPS) is 17.7. The second kappa shape index (κ2) is 6.16. The van der Waals surface area contributed by atoms with Crippen molar-refractivity contribution in [1.82, 2.24) is 4.72 Å². The maximum atomic E-state index is 12.5. The standard InChI is InChI=1S/C17H21NO2S/c19-21(20,18-16-9-3-1-2-4-10-16)17-12-11-14-7-5-6-8-15(14)13-17/h5-8,11-13,16,18H,1-4,9-10H2. The lowest BCUT2D eigenvalue weighted by Crippen LogP contribution is -2.34. The molecule has 4 heteroatoms. The van der Waals surface area contributed by atoms with E-state index in [-0.39, 0.29) is 6.04 Å². The number of nitrogens with one attached hydrogen (secondary N) is 1. The van der Waals surface area contributed by atoms with Gasteiger partial charge in [0.25, 0.3) is 0 Å². The first-order valence-corrected chi connectivity index (χ1v) is 9.15. The van der Waals surface area contributed by atoms with Gasteiger partial charge < -0.3 is 0 Å². The lowest BCUT2D eigenvalue weighted by atomic mass is 10.1. The molecule has 1 saturated carbocycles. The minimum Gasteiger partial charge on any atom is -0.208 e. The highest BCUT2D eigenvalue weighted by Gasteiger charge is 2.21. The van der Waals surface area contributed by atoms with Crippen LogP contribution in [0.1, 0.15) is 38.5 Å². The van der Waals surface area contributed by atoms with Gasteiger partial charge in [-0.25, -0.2) is 13.1 Å². The summed E-state index contributed by atoms with van der Waals surface area (Å²) in [4.78, 5) is 0.366. The number of hydrogen-bond donors (Lipinski definition) is 1. The van der Waals surface area contributed by atoms with Gasteiger partial charge in [0, 0.05) is 6.04 Å². The van der Waals surface area contributed by atoms with Gasteiger partial charge in [0.05, 0.1) is 4.90 Å². The van der Waals surface area contributed by atoms with Crippen LogP contribution in [0.3, 0.4) is 0 Å². The monoisotopic (exact) mass is 303 g/mol. The minimum atomic E-state index is -3.42. The summed E-state index contributed by atoms with van der Waals surface area (Å²) < 4.78 is 28.0. The van der Waals surface area contributed by atoms with Gasteiger partial charge in [0.2, 0.25) is 10.0 Å². The molecule has 21 heavy (non-hydrogen) atoms. The molecule has 0 atom stereocenters. The van der Waals surface area contributed by atoms with Crippen LogP contribution in [-0.4, -0.2) is 14.5 Å². The van der Waals surface area contributed by atoms with Crippen LogP contribution >= 0.6 is 0 Å². The molecule has 0 radical (unpaired) electrons. The van der Waals surface area contributed by atoms with Crippen LogP contribution in [0.4, 0.5) is 0 Å². The summed E-state index contributed by atoms with van der Waals surface area (Å²) in [5, 5.41) is 2.02. The Morgan fingerprint density at radius 2 is 1.52 bits per heavy atom. The van der Waals surface area contributed by atoms with Gasteiger partial charge in [-0.2, -0.15) is 0 Å². The summed E-state index contributed by atoms with van der Waals surface area (Å²) in [5.41, 5.74) is 0. The fourth-order valence-corrected chi connectivity index (χ4v) is 4.36. The van der Waals surface area contributed by atoms with Gasteiger partial charge in [-0.05, 0) is 35.7 Å². The van der Waals surface area contributed by atoms with E-state index in [4.69, 9.17) is 0 Å². The highest BCUT2D eigenvalue weighted by atomic mass is 32.2. The molecule has 3 nitrogen and oxygen atoms in total. The van der Waals surface area contributed by atoms with Crippen LogP contribution in [0.2, 0.25) is 0 Å². The molecule has 0 heterocycles. The average Bonchev–Trinajstić information content (AvgIpc) is 2.75. The van der Waals surface area contributed by atoms with Gasteiger partial charge in [0.1, 0.15) is 0 Å². The smallest absolute Gasteiger partial charge is 0.208 e. The van der Waals surface area contributed by atoms with E-state index in [1.165, 1.54) is 12.8 Å². The third-order valence-corrected chi connectivity index (χ3v) is 5.73. The SMILES string of the molecule is O=S(=O)(NC1CCCCCC1)c1ccc2ccccc2c1. The van der Waals surface area contributed by atoms with Crippen molar-refractivity contribution in [2.24, 2.45) is 0 Å². The fraction of sp³-hybridized carbons (Fsp3) is 0.412. The molecule has 1 fully saturated rings. The van der Waals surface area contributed by atoms with E-state index in [9.17, 15) is 8.42 Å². The number of benzene rings is 2.